The molecule has 0 saturated heterocycles. The molecule has 0 atom stereocenters. The van der Waals surface area contributed by atoms with Crippen molar-refractivity contribution in [3.63, 3.8) is 0 Å². The number of aromatic nitrogens is 2. The Labute approximate surface area is 263 Å². The fraction of sp³-hybridized carbons (Fsp3) is 0.424. The number of ether oxygens (including phenoxy) is 1. The van der Waals surface area contributed by atoms with Crippen LogP contribution < -0.4 is 4.74 Å². The van der Waals surface area contributed by atoms with E-state index in [1.807, 2.05) is 32.0 Å². The number of benzene rings is 3. The zero-order valence-electron chi connectivity index (χ0n) is 25.8. The van der Waals surface area contributed by atoms with Crippen LogP contribution in [0.2, 0.25) is 28.2 Å². The van der Waals surface area contributed by atoms with Crippen molar-refractivity contribution in [3.8, 4) is 11.4 Å². The third kappa shape index (κ3) is 7.08. The second-order valence-corrected chi connectivity index (χ2v) is 17.8. The zero-order chi connectivity index (χ0) is 31.7. The Bertz CT molecular complexity index is 1590. The highest BCUT2D eigenvalue weighted by molar-refractivity contribution is 6.74. The number of aryl methyl sites for hydroxylation is 1. The minimum atomic E-state index is -4.57. The minimum absolute atomic E-state index is 0.104. The smallest absolute Gasteiger partial charge is 0.416 e. The maximum atomic E-state index is 13.4. The first-order chi connectivity index (χ1) is 20.1. The Balaban J connectivity index is 1.75. The fourth-order valence-corrected chi connectivity index (χ4v) is 6.65. The number of alkyl halides is 3. The van der Waals surface area contributed by atoms with E-state index in [9.17, 15) is 13.2 Å². The molecule has 0 radical (unpaired) electrons. The van der Waals surface area contributed by atoms with Crippen molar-refractivity contribution < 1.29 is 22.3 Å². The van der Waals surface area contributed by atoms with E-state index in [4.69, 9.17) is 37.5 Å². The van der Waals surface area contributed by atoms with E-state index < -0.39 is 20.1 Å². The summed E-state index contributed by atoms with van der Waals surface area (Å²) >= 11 is 12.9. The highest BCUT2D eigenvalue weighted by Crippen LogP contribution is 2.40. The lowest BCUT2D eigenvalue weighted by atomic mass is 9.95. The van der Waals surface area contributed by atoms with E-state index in [0.717, 1.165) is 51.2 Å². The van der Waals surface area contributed by atoms with Gasteiger partial charge in [-0.15, -0.1) is 0 Å². The molecule has 0 amide bonds. The lowest BCUT2D eigenvalue weighted by molar-refractivity contribution is -0.137. The minimum Gasteiger partial charge on any atom is -0.491 e. The van der Waals surface area contributed by atoms with Gasteiger partial charge < -0.3 is 9.16 Å². The average molecular weight is 652 g/mol. The first-order valence-electron chi connectivity index (χ1n) is 14.5. The summed E-state index contributed by atoms with van der Waals surface area (Å²) in [6, 6.07) is 14.0. The molecule has 0 aliphatic rings. The van der Waals surface area contributed by atoms with Crippen LogP contribution >= 0.6 is 23.2 Å². The fourth-order valence-electron chi connectivity index (χ4n) is 4.98. The second-order valence-electron chi connectivity index (χ2n) is 12.2. The summed E-state index contributed by atoms with van der Waals surface area (Å²) in [5, 5.41) is 6.86. The Hall–Kier alpha value is -2.52. The molecule has 0 bridgehead atoms. The Morgan fingerprint density at radius 3 is 2.12 bits per heavy atom. The van der Waals surface area contributed by atoms with Gasteiger partial charge in [0.2, 0.25) is 0 Å². The maximum Gasteiger partial charge on any atom is 0.416 e. The highest BCUT2D eigenvalue weighted by Gasteiger charge is 2.37. The molecule has 0 N–H and O–H groups in total. The highest BCUT2D eigenvalue weighted by atomic mass is 35.5. The average Bonchev–Trinajstić information content (AvgIpc) is 3.27. The summed E-state index contributed by atoms with van der Waals surface area (Å²) in [6.07, 6.45) is -2.87. The summed E-state index contributed by atoms with van der Waals surface area (Å²) in [4.78, 5) is 0. The van der Waals surface area contributed by atoms with Gasteiger partial charge in [0.15, 0.2) is 8.32 Å². The van der Waals surface area contributed by atoms with Crippen molar-refractivity contribution in [2.75, 3.05) is 13.2 Å². The number of nitrogens with zero attached hydrogens (tertiary/aromatic N) is 2. The lowest BCUT2D eigenvalue weighted by Gasteiger charge is -2.36. The van der Waals surface area contributed by atoms with Gasteiger partial charge in [0.05, 0.1) is 27.9 Å². The molecule has 0 unspecified atom stereocenters. The van der Waals surface area contributed by atoms with E-state index in [-0.39, 0.29) is 20.8 Å². The Morgan fingerprint density at radius 2 is 1.53 bits per heavy atom. The van der Waals surface area contributed by atoms with E-state index >= 15 is 0 Å². The molecule has 3 aromatic carbocycles. The Morgan fingerprint density at radius 1 is 0.884 bits per heavy atom. The van der Waals surface area contributed by atoms with Gasteiger partial charge in [-0.3, -0.25) is 0 Å². The van der Waals surface area contributed by atoms with Crippen LogP contribution in [-0.4, -0.2) is 31.3 Å². The van der Waals surface area contributed by atoms with Gasteiger partial charge in [-0.25, -0.2) is 4.68 Å². The molecule has 1 heterocycles. The summed E-state index contributed by atoms with van der Waals surface area (Å²) in [5.41, 5.74) is 2.99. The molecule has 4 aromatic rings. The van der Waals surface area contributed by atoms with Crippen molar-refractivity contribution in [1.29, 1.82) is 0 Å². The third-order valence-electron chi connectivity index (χ3n) is 8.36. The van der Waals surface area contributed by atoms with E-state index in [1.165, 1.54) is 0 Å². The number of fused-ring (bicyclic) bond motifs is 1. The quantitative estimate of drug-likeness (QED) is 0.126. The summed E-state index contributed by atoms with van der Waals surface area (Å²) in [6.45, 7) is 16.0. The molecule has 10 heteroatoms. The van der Waals surface area contributed by atoms with Crippen LogP contribution in [0.15, 0.2) is 48.5 Å². The number of hydrogen-bond acceptors (Lipinski definition) is 3. The zero-order valence-corrected chi connectivity index (χ0v) is 28.3. The van der Waals surface area contributed by atoms with Gasteiger partial charge in [0.25, 0.3) is 0 Å². The summed E-state index contributed by atoms with van der Waals surface area (Å²) in [7, 11) is -1.91. The monoisotopic (exact) mass is 650 g/mol. The first kappa shape index (κ1) is 33.4. The van der Waals surface area contributed by atoms with Gasteiger partial charge in [0.1, 0.15) is 18.0 Å². The van der Waals surface area contributed by atoms with Gasteiger partial charge in [-0.05, 0) is 59.9 Å². The van der Waals surface area contributed by atoms with Crippen molar-refractivity contribution in [1.82, 2.24) is 9.78 Å². The van der Waals surface area contributed by atoms with Crippen LogP contribution in [-0.2, 0) is 29.9 Å². The normalized spacial score (nSPS) is 12.7. The van der Waals surface area contributed by atoms with E-state index in [1.54, 1.807) is 4.68 Å². The Kier molecular flexibility index (Phi) is 9.96. The van der Waals surface area contributed by atoms with Gasteiger partial charge in [0, 0.05) is 23.2 Å². The topological polar surface area (TPSA) is 36.3 Å². The molecule has 43 heavy (non-hydrogen) atoms. The first-order valence-corrected chi connectivity index (χ1v) is 18.2. The number of rotatable bonds is 10. The maximum absolute atomic E-state index is 13.4. The predicted molar refractivity (Wildman–Crippen MR) is 173 cm³/mol. The van der Waals surface area contributed by atoms with E-state index in [0.29, 0.717) is 32.5 Å². The van der Waals surface area contributed by atoms with Gasteiger partial charge >= 0.3 is 6.18 Å². The molecule has 0 aliphatic heterocycles. The molecule has 4 rings (SSSR count). The third-order valence-corrected chi connectivity index (χ3v) is 13.5. The van der Waals surface area contributed by atoms with Crippen LogP contribution in [0.25, 0.3) is 16.5 Å². The molecule has 4 nitrogen and oxygen atoms in total. The van der Waals surface area contributed by atoms with Crippen LogP contribution in [0.1, 0.15) is 62.7 Å². The predicted octanol–water partition coefficient (Wildman–Crippen LogP) is 10.5. The van der Waals surface area contributed by atoms with Crippen molar-refractivity contribution in [3.05, 3.63) is 86.7 Å². The van der Waals surface area contributed by atoms with Crippen molar-refractivity contribution in [2.24, 2.45) is 0 Å². The van der Waals surface area contributed by atoms with Crippen molar-refractivity contribution >= 4 is 42.3 Å². The number of halogens is 5. The largest absolute Gasteiger partial charge is 0.491 e. The van der Waals surface area contributed by atoms with Crippen LogP contribution in [0.3, 0.4) is 0 Å². The standard InChI is InChI=1S/C33H39Cl2F3N2O2Si/c1-8-28-25(29(9-2)40(39-28)31-26(34)18-22(19-27(31)35)33(36,37)38)20-24-23-13-11-10-12-21(23)14-15-30(24)41-16-17-42-43(6,7)32(3,4)5/h10-15,18-19H,8-9,16-17,20H2,1-7H3. The van der Waals surface area contributed by atoms with Crippen LogP contribution in [0.5, 0.6) is 5.75 Å². The van der Waals surface area contributed by atoms with Gasteiger partial charge in [-0.1, -0.05) is 88.2 Å². The molecule has 0 saturated carbocycles. The SMILES string of the molecule is CCc1nn(-c2c(Cl)cc(C(F)(F)F)cc2Cl)c(CC)c1Cc1c(OCCO[Si](C)(C)C(C)(C)C)ccc2ccccc12. The molecular weight excluding hydrogens is 612 g/mol. The van der Waals surface area contributed by atoms with E-state index in [2.05, 4.69) is 52.1 Å². The lowest BCUT2D eigenvalue weighted by Crippen LogP contribution is -2.41. The van der Waals surface area contributed by atoms with Crippen molar-refractivity contribution in [2.45, 2.75) is 78.2 Å². The van der Waals surface area contributed by atoms with Crippen LogP contribution in [0.4, 0.5) is 13.2 Å². The van der Waals surface area contributed by atoms with Crippen LogP contribution in [0, 0.1) is 0 Å². The summed E-state index contributed by atoms with van der Waals surface area (Å²) in [5.74, 6) is 0.764. The molecule has 0 aliphatic carbocycles. The molecule has 1 aromatic heterocycles. The molecule has 0 spiro atoms. The summed E-state index contributed by atoms with van der Waals surface area (Å²) < 4.78 is 54.6. The van der Waals surface area contributed by atoms with Gasteiger partial charge in [-0.2, -0.15) is 18.3 Å². The molecule has 232 valence electrons. The molecule has 0 fully saturated rings. The second kappa shape index (κ2) is 12.8. The number of hydrogen-bond donors (Lipinski definition) is 0. The molecular formula is C33H39Cl2F3N2O2Si.